The number of methoxy groups -OCH3 is 1. The Balaban J connectivity index is 1.82. The molecule has 0 radical (unpaired) electrons. The van der Waals surface area contributed by atoms with Crippen molar-refractivity contribution in [2.24, 2.45) is 0 Å². The van der Waals surface area contributed by atoms with Gasteiger partial charge >= 0.3 is 0 Å². The minimum atomic E-state index is -0.265. The fourth-order valence-electron chi connectivity index (χ4n) is 2.64. The number of fused-ring (bicyclic) bond motifs is 1. The zero-order valence-electron chi connectivity index (χ0n) is 14.0. The predicted octanol–water partition coefficient (Wildman–Crippen LogP) is 4.29. The lowest BCUT2D eigenvalue weighted by molar-refractivity contribution is -0.117. The SMILES string of the molecule is COc1ccc2cc([C@@H](C)C(=O)Nc3cccc(C)n3)ccc2c1. The summed E-state index contributed by atoms with van der Waals surface area (Å²) in [6, 6.07) is 17.5. The van der Waals surface area contributed by atoms with Crippen molar-refractivity contribution in [3.63, 3.8) is 0 Å². The van der Waals surface area contributed by atoms with Crippen LogP contribution < -0.4 is 10.1 Å². The molecule has 4 nitrogen and oxygen atoms in total. The van der Waals surface area contributed by atoms with E-state index in [0.29, 0.717) is 5.82 Å². The molecule has 1 heterocycles. The summed E-state index contributed by atoms with van der Waals surface area (Å²) < 4.78 is 5.24. The molecule has 0 spiro atoms. The lowest BCUT2D eigenvalue weighted by atomic mass is 9.97. The number of anilines is 1. The van der Waals surface area contributed by atoms with E-state index >= 15 is 0 Å². The van der Waals surface area contributed by atoms with E-state index in [2.05, 4.69) is 10.3 Å². The van der Waals surface area contributed by atoms with E-state index in [0.717, 1.165) is 27.8 Å². The molecule has 0 saturated heterocycles. The van der Waals surface area contributed by atoms with Gasteiger partial charge in [0.05, 0.1) is 13.0 Å². The zero-order chi connectivity index (χ0) is 17.1. The van der Waals surface area contributed by atoms with E-state index in [1.165, 1.54) is 0 Å². The molecule has 3 aromatic rings. The van der Waals surface area contributed by atoms with Gasteiger partial charge in [-0.3, -0.25) is 4.79 Å². The van der Waals surface area contributed by atoms with E-state index in [1.807, 2.05) is 62.4 Å². The van der Waals surface area contributed by atoms with Gasteiger partial charge in [-0.1, -0.05) is 30.3 Å². The Kier molecular flexibility index (Phi) is 4.47. The average molecular weight is 320 g/mol. The molecular formula is C20H20N2O2. The van der Waals surface area contributed by atoms with Gasteiger partial charge in [0.15, 0.2) is 0 Å². The van der Waals surface area contributed by atoms with Crippen LogP contribution in [0.3, 0.4) is 0 Å². The third-order valence-corrected chi connectivity index (χ3v) is 4.10. The third kappa shape index (κ3) is 3.38. The highest BCUT2D eigenvalue weighted by molar-refractivity contribution is 5.96. The second-order valence-electron chi connectivity index (χ2n) is 5.85. The van der Waals surface area contributed by atoms with Gasteiger partial charge in [-0.05, 0) is 54.4 Å². The number of rotatable bonds is 4. The van der Waals surface area contributed by atoms with Crippen LogP contribution in [-0.4, -0.2) is 18.0 Å². The number of aryl methyl sites for hydroxylation is 1. The monoisotopic (exact) mass is 320 g/mol. The van der Waals surface area contributed by atoms with Crippen molar-refractivity contribution in [1.82, 2.24) is 4.98 Å². The van der Waals surface area contributed by atoms with E-state index in [-0.39, 0.29) is 11.8 Å². The molecule has 0 aliphatic carbocycles. The summed E-state index contributed by atoms with van der Waals surface area (Å²) in [5.74, 6) is 1.07. The minimum absolute atomic E-state index is 0.0686. The van der Waals surface area contributed by atoms with Crippen molar-refractivity contribution in [2.45, 2.75) is 19.8 Å². The number of carbonyl (C=O) groups is 1. The fourth-order valence-corrected chi connectivity index (χ4v) is 2.64. The molecular weight excluding hydrogens is 300 g/mol. The molecule has 2 aromatic carbocycles. The van der Waals surface area contributed by atoms with Crippen LogP contribution in [0, 0.1) is 6.92 Å². The van der Waals surface area contributed by atoms with Gasteiger partial charge in [0.1, 0.15) is 11.6 Å². The van der Waals surface area contributed by atoms with E-state index < -0.39 is 0 Å². The van der Waals surface area contributed by atoms with Crippen molar-refractivity contribution in [3.8, 4) is 5.75 Å². The highest BCUT2D eigenvalue weighted by Crippen LogP contribution is 2.25. The number of nitrogens with one attached hydrogen (secondary N) is 1. The highest BCUT2D eigenvalue weighted by Gasteiger charge is 2.16. The topological polar surface area (TPSA) is 51.2 Å². The quantitative estimate of drug-likeness (QED) is 0.780. The van der Waals surface area contributed by atoms with Gasteiger partial charge in [-0.15, -0.1) is 0 Å². The molecule has 4 heteroatoms. The molecule has 122 valence electrons. The van der Waals surface area contributed by atoms with Crippen LogP contribution in [0.2, 0.25) is 0 Å². The molecule has 24 heavy (non-hydrogen) atoms. The highest BCUT2D eigenvalue weighted by atomic mass is 16.5. The van der Waals surface area contributed by atoms with Crippen molar-refractivity contribution in [2.75, 3.05) is 12.4 Å². The van der Waals surface area contributed by atoms with Crippen molar-refractivity contribution in [1.29, 1.82) is 0 Å². The lowest BCUT2D eigenvalue weighted by Gasteiger charge is -2.13. The smallest absolute Gasteiger partial charge is 0.232 e. The first-order valence-corrected chi connectivity index (χ1v) is 7.89. The van der Waals surface area contributed by atoms with Crippen LogP contribution in [-0.2, 0) is 4.79 Å². The van der Waals surface area contributed by atoms with Crippen LogP contribution >= 0.6 is 0 Å². The summed E-state index contributed by atoms with van der Waals surface area (Å²) in [6.45, 7) is 3.80. The van der Waals surface area contributed by atoms with Crippen LogP contribution in [0.4, 0.5) is 5.82 Å². The lowest BCUT2D eigenvalue weighted by Crippen LogP contribution is -2.19. The Morgan fingerprint density at radius 2 is 1.83 bits per heavy atom. The van der Waals surface area contributed by atoms with E-state index in [9.17, 15) is 4.79 Å². The summed E-state index contributed by atoms with van der Waals surface area (Å²) in [4.78, 5) is 16.8. The van der Waals surface area contributed by atoms with Crippen LogP contribution in [0.15, 0.2) is 54.6 Å². The summed E-state index contributed by atoms with van der Waals surface area (Å²) >= 11 is 0. The molecule has 3 rings (SSSR count). The third-order valence-electron chi connectivity index (χ3n) is 4.10. The fraction of sp³-hybridized carbons (Fsp3) is 0.200. The van der Waals surface area contributed by atoms with Gasteiger partial charge in [-0.2, -0.15) is 0 Å². The summed E-state index contributed by atoms with van der Waals surface area (Å²) in [6.07, 6.45) is 0. The Morgan fingerprint density at radius 1 is 1.08 bits per heavy atom. The molecule has 0 aliphatic heterocycles. The molecule has 1 atom stereocenters. The molecule has 0 saturated carbocycles. The standard InChI is InChI=1S/C20H20N2O2/c1-13-5-4-6-19(21-13)22-20(23)14(2)15-7-8-17-12-18(24-3)10-9-16(17)11-15/h4-12,14H,1-3H3,(H,21,22,23)/t14-/m1/s1. The number of pyridine rings is 1. The summed E-state index contributed by atoms with van der Waals surface area (Å²) in [7, 11) is 1.65. The maximum atomic E-state index is 12.5. The maximum Gasteiger partial charge on any atom is 0.232 e. The molecule has 1 N–H and O–H groups in total. The first kappa shape index (κ1) is 16.0. The number of amides is 1. The van der Waals surface area contributed by atoms with Crippen molar-refractivity contribution in [3.05, 3.63) is 65.9 Å². The number of ether oxygens (including phenoxy) is 1. The average Bonchev–Trinajstić information content (AvgIpc) is 2.60. The first-order chi connectivity index (χ1) is 11.6. The Labute approximate surface area is 141 Å². The van der Waals surface area contributed by atoms with Crippen LogP contribution in [0.5, 0.6) is 5.75 Å². The Hall–Kier alpha value is -2.88. The summed E-state index contributed by atoms with van der Waals surface area (Å²) in [5.41, 5.74) is 1.85. The zero-order valence-corrected chi connectivity index (χ0v) is 14.0. The van der Waals surface area contributed by atoms with E-state index in [4.69, 9.17) is 4.74 Å². The molecule has 0 aliphatic rings. The second kappa shape index (κ2) is 6.71. The predicted molar refractivity (Wildman–Crippen MR) is 96.5 cm³/mol. The number of nitrogens with zero attached hydrogens (tertiary/aromatic N) is 1. The molecule has 0 unspecified atom stereocenters. The number of hydrogen-bond donors (Lipinski definition) is 1. The molecule has 0 fully saturated rings. The van der Waals surface area contributed by atoms with Gasteiger partial charge in [0.25, 0.3) is 0 Å². The van der Waals surface area contributed by atoms with Gasteiger partial charge in [0, 0.05) is 5.69 Å². The van der Waals surface area contributed by atoms with Crippen LogP contribution in [0.25, 0.3) is 10.8 Å². The number of carbonyl (C=O) groups excluding carboxylic acids is 1. The molecule has 1 aromatic heterocycles. The van der Waals surface area contributed by atoms with Crippen LogP contribution in [0.1, 0.15) is 24.1 Å². The first-order valence-electron chi connectivity index (χ1n) is 7.89. The molecule has 1 amide bonds. The largest absolute Gasteiger partial charge is 0.497 e. The Morgan fingerprint density at radius 3 is 2.58 bits per heavy atom. The maximum absolute atomic E-state index is 12.5. The normalized spacial score (nSPS) is 12.0. The van der Waals surface area contributed by atoms with Crippen molar-refractivity contribution >= 4 is 22.5 Å². The number of hydrogen-bond acceptors (Lipinski definition) is 3. The number of benzene rings is 2. The summed E-state index contributed by atoms with van der Waals surface area (Å²) in [5, 5.41) is 5.05. The second-order valence-corrected chi connectivity index (χ2v) is 5.85. The van der Waals surface area contributed by atoms with E-state index in [1.54, 1.807) is 13.2 Å². The number of aromatic nitrogens is 1. The van der Waals surface area contributed by atoms with Crippen molar-refractivity contribution < 1.29 is 9.53 Å². The van der Waals surface area contributed by atoms with Gasteiger partial charge in [-0.25, -0.2) is 4.98 Å². The molecule has 0 bridgehead atoms. The minimum Gasteiger partial charge on any atom is -0.497 e. The Bertz CT molecular complexity index is 890. The van der Waals surface area contributed by atoms with Gasteiger partial charge < -0.3 is 10.1 Å². The van der Waals surface area contributed by atoms with Gasteiger partial charge in [0.2, 0.25) is 5.91 Å².